The standard InChI is InChI=1S/C22H27N3O3S/c1-4-5-6-16-7-10-18(11-8-16)23-22(29)25-24-21(26)12-9-17-13-19(27-2)15-20(14-17)28-3/h7-15H,4-6H2,1-3H3,(H,24,26)(H2,23,25,29)/b12-9+. The third-order valence-electron chi connectivity index (χ3n) is 4.13. The number of ether oxygens (including phenoxy) is 2. The van der Waals surface area contributed by atoms with E-state index in [0.717, 1.165) is 17.7 Å². The largest absolute Gasteiger partial charge is 0.497 e. The van der Waals surface area contributed by atoms with Crippen LogP contribution in [-0.2, 0) is 11.2 Å². The van der Waals surface area contributed by atoms with Crippen LogP contribution in [-0.4, -0.2) is 25.2 Å². The highest BCUT2D eigenvalue weighted by molar-refractivity contribution is 7.80. The molecule has 1 amide bonds. The number of unbranched alkanes of at least 4 members (excludes halogenated alkanes) is 1. The van der Waals surface area contributed by atoms with Crippen molar-refractivity contribution in [3.8, 4) is 11.5 Å². The van der Waals surface area contributed by atoms with Crippen molar-refractivity contribution in [2.75, 3.05) is 19.5 Å². The van der Waals surface area contributed by atoms with Gasteiger partial charge in [-0.05, 0) is 66.5 Å². The van der Waals surface area contributed by atoms with E-state index < -0.39 is 0 Å². The summed E-state index contributed by atoms with van der Waals surface area (Å²) in [6, 6.07) is 13.5. The van der Waals surface area contributed by atoms with Gasteiger partial charge in [0, 0.05) is 17.8 Å². The summed E-state index contributed by atoms with van der Waals surface area (Å²) < 4.78 is 10.4. The van der Waals surface area contributed by atoms with Crippen LogP contribution in [0.3, 0.4) is 0 Å². The minimum absolute atomic E-state index is 0.302. The maximum Gasteiger partial charge on any atom is 0.262 e. The molecule has 2 rings (SSSR count). The lowest BCUT2D eigenvalue weighted by atomic mass is 10.1. The maximum atomic E-state index is 12.0. The number of hydrogen-bond acceptors (Lipinski definition) is 4. The molecule has 0 atom stereocenters. The Morgan fingerprint density at radius 3 is 2.28 bits per heavy atom. The van der Waals surface area contributed by atoms with Gasteiger partial charge in [-0.3, -0.25) is 15.6 Å². The molecule has 0 saturated heterocycles. The molecule has 0 aromatic heterocycles. The van der Waals surface area contributed by atoms with Crippen molar-refractivity contribution < 1.29 is 14.3 Å². The Labute approximate surface area is 177 Å². The van der Waals surface area contributed by atoms with Gasteiger partial charge in [0.05, 0.1) is 14.2 Å². The van der Waals surface area contributed by atoms with Crippen molar-refractivity contribution in [1.29, 1.82) is 0 Å². The van der Waals surface area contributed by atoms with Gasteiger partial charge >= 0.3 is 0 Å². The van der Waals surface area contributed by atoms with E-state index in [0.29, 0.717) is 16.6 Å². The van der Waals surface area contributed by atoms with E-state index in [4.69, 9.17) is 21.7 Å². The van der Waals surface area contributed by atoms with Crippen LogP contribution in [0.5, 0.6) is 11.5 Å². The molecule has 7 heteroatoms. The Morgan fingerprint density at radius 2 is 1.69 bits per heavy atom. The normalized spacial score (nSPS) is 10.4. The van der Waals surface area contributed by atoms with Crippen LogP contribution >= 0.6 is 12.2 Å². The quantitative estimate of drug-likeness (QED) is 0.344. The van der Waals surface area contributed by atoms with Crippen LogP contribution in [0, 0.1) is 0 Å². The number of carbonyl (C=O) groups excluding carboxylic acids is 1. The van der Waals surface area contributed by atoms with E-state index in [-0.39, 0.29) is 5.91 Å². The van der Waals surface area contributed by atoms with Gasteiger partial charge in [-0.1, -0.05) is 25.5 Å². The summed E-state index contributed by atoms with van der Waals surface area (Å²) in [6.45, 7) is 2.18. The minimum Gasteiger partial charge on any atom is -0.497 e. The first-order chi connectivity index (χ1) is 14.0. The SMILES string of the molecule is CCCCc1ccc(NC(=S)NNC(=O)/C=C/c2cc(OC)cc(OC)c2)cc1. The van der Waals surface area contributed by atoms with Gasteiger partial charge in [-0.2, -0.15) is 0 Å². The first kappa shape index (κ1) is 22.2. The molecule has 29 heavy (non-hydrogen) atoms. The average Bonchev–Trinajstić information content (AvgIpc) is 2.75. The van der Waals surface area contributed by atoms with Gasteiger partial charge in [0.2, 0.25) is 0 Å². The highest BCUT2D eigenvalue weighted by Crippen LogP contribution is 2.23. The van der Waals surface area contributed by atoms with Crippen LogP contribution < -0.4 is 25.6 Å². The fraction of sp³-hybridized carbons (Fsp3) is 0.273. The number of anilines is 1. The van der Waals surface area contributed by atoms with Gasteiger partial charge in [0.15, 0.2) is 5.11 Å². The summed E-state index contributed by atoms with van der Waals surface area (Å²) in [5, 5.41) is 3.33. The van der Waals surface area contributed by atoms with E-state index in [1.54, 1.807) is 38.5 Å². The summed E-state index contributed by atoms with van der Waals surface area (Å²) in [4.78, 5) is 12.0. The second-order valence-electron chi connectivity index (χ2n) is 6.35. The van der Waals surface area contributed by atoms with Gasteiger partial charge in [0.25, 0.3) is 5.91 Å². The molecule has 6 nitrogen and oxygen atoms in total. The summed E-state index contributed by atoms with van der Waals surface area (Å²) >= 11 is 5.21. The monoisotopic (exact) mass is 413 g/mol. The fourth-order valence-corrected chi connectivity index (χ4v) is 2.72. The van der Waals surface area contributed by atoms with Gasteiger partial charge < -0.3 is 14.8 Å². The molecule has 2 aromatic rings. The zero-order valence-corrected chi connectivity index (χ0v) is 17.8. The Morgan fingerprint density at radius 1 is 1.03 bits per heavy atom. The molecular weight excluding hydrogens is 386 g/mol. The molecule has 3 N–H and O–H groups in total. The lowest BCUT2D eigenvalue weighted by Gasteiger charge is -2.11. The number of thiocarbonyl (C=S) groups is 1. The summed E-state index contributed by atoms with van der Waals surface area (Å²) in [5.74, 6) is 0.952. The molecule has 0 aliphatic rings. The van der Waals surface area contributed by atoms with Crippen molar-refractivity contribution in [1.82, 2.24) is 10.9 Å². The number of hydrogen-bond donors (Lipinski definition) is 3. The van der Waals surface area contributed by atoms with E-state index in [1.165, 1.54) is 24.5 Å². The van der Waals surface area contributed by atoms with Crippen molar-refractivity contribution in [2.45, 2.75) is 26.2 Å². The lowest BCUT2D eigenvalue weighted by molar-refractivity contribution is -0.116. The van der Waals surface area contributed by atoms with E-state index >= 15 is 0 Å². The highest BCUT2D eigenvalue weighted by Gasteiger charge is 2.02. The molecule has 0 unspecified atom stereocenters. The van der Waals surface area contributed by atoms with Gasteiger partial charge in [-0.25, -0.2) is 0 Å². The smallest absolute Gasteiger partial charge is 0.262 e. The van der Waals surface area contributed by atoms with Crippen LogP contribution in [0.2, 0.25) is 0 Å². The molecular formula is C22H27N3O3S. The predicted octanol–water partition coefficient (Wildman–Crippen LogP) is 4.08. The van der Waals surface area contributed by atoms with Crippen LogP contribution in [0.25, 0.3) is 6.08 Å². The molecule has 0 heterocycles. The number of amides is 1. The maximum absolute atomic E-state index is 12.0. The number of carbonyl (C=O) groups is 1. The average molecular weight is 414 g/mol. The first-order valence-corrected chi connectivity index (χ1v) is 9.82. The van der Waals surface area contributed by atoms with Crippen molar-refractivity contribution in [2.24, 2.45) is 0 Å². The number of benzene rings is 2. The molecule has 0 bridgehead atoms. The van der Waals surface area contributed by atoms with Gasteiger partial charge in [-0.15, -0.1) is 0 Å². The molecule has 0 fully saturated rings. The second kappa shape index (κ2) is 11.7. The number of hydrazine groups is 1. The number of aryl methyl sites for hydroxylation is 1. The minimum atomic E-state index is -0.342. The topological polar surface area (TPSA) is 71.6 Å². The molecule has 0 radical (unpaired) electrons. The summed E-state index contributed by atoms with van der Waals surface area (Å²) in [5.41, 5.74) is 8.14. The molecule has 0 aliphatic heterocycles. The third-order valence-corrected chi connectivity index (χ3v) is 4.34. The molecule has 154 valence electrons. The van der Waals surface area contributed by atoms with E-state index in [1.807, 2.05) is 12.1 Å². The fourth-order valence-electron chi connectivity index (χ4n) is 2.56. The number of rotatable bonds is 8. The summed E-state index contributed by atoms with van der Waals surface area (Å²) in [7, 11) is 3.15. The van der Waals surface area contributed by atoms with Crippen molar-refractivity contribution in [3.63, 3.8) is 0 Å². The molecule has 0 aliphatic carbocycles. The van der Waals surface area contributed by atoms with E-state index in [2.05, 4.69) is 35.2 Å². The number of methoxy groups -OCH3 is 2. The molecule has 0 spiro atoms. The Hall–Kier alpha value is -3.06. The molecule has 0 saturated carbocycles. The second-order valence-corrected chi connectivity index (χ2v) is 6.76. The first-order valence-electron chi connectivity index (χ1n) is 9.41. The number of nitrogens with one attached hydrogen (secondary N) is 3. The van der Waals surface area contributed by atoms with Crippen LogP contribution in [0.15, 0.2) is 48.5 Å². The zero-order chi connectivity index (χ0) is 21.1. The molecule has 2 aromatic carbocycles. The van der Waals surface area contributed by atoms with Crippen LogP contribution in [0.1, 0.15) is 30.9 Å². The third kappa shape index (κ3) is 7.83. The zero-order valence-electron chi connectivity index (χ0n) is 17.0. The predicted molar refractivity (Wildman–Crippen MR) is 121 cm³/mol. The van der Waals surface area contributed by atoms with Gasteiger partial charge in [0.1, 0.15) is 11.5 Å². The Bertz CT molecular complexity index is 829. The van der Waals surface area contributed by atoms with Crippen molar-refractivity contribution >= 4 is 35.0 Å². The Kier molecular flexibility index (Phi) is 8.98. The van der Waals surface area contributed by atoms with Crippen LogP contribution in [0.4, 0.5) is 5.69 Å². The highest BCUT2D eigenvalue weighted by atomic mass is 32.1. The van der Waals surface area contributed by atoms with E-state index in [9.17, 15) is 4.79 Å². The summed E-state index contributed by atoms with van der Waals surface area (Å²) in [6.07, 6.45) is 6.48. The lowest BCUT2D eigenvalue weighted by Crippen LogP contribution is -2.43. The van der Waals surface area contributed by atoms with Crippen molar-refractivity contribution in [3.05, 3.63) is 59.7 Å². The Balaban J connectivity index is 1.82.